The first-order valence-electron chi connectivity index (χ1n) is 13.1. The molecule has 6 nitrogen and oxygen atoms in total. The van der Waals surface area contributed by atoms with Gasteiger partial charge in [0.05, 0.1) is 28.1 Å². The van der Waals surface area contributed by atoms with E-state index in [1.54, 1.807) is 18.3 Å². The highest BCUT2D eigenvalue weighted by atomic mass is 32.1. The van der Waals surface area contributed by atoms with Crippen molar-refractivity contribution in [3.8, 4) is 22.0 Å². The van der Waals surface area contributed by atoms with E-state index in [4.69, 9.17) is 4.98 Å². The molecule has 9 heteroatoms. The van der Waals surface area contributed by atoms with E-state index in [0.29, 0.717) is 41.2 Å². The second-order valence-electron chi connectivity index (χ2n) is 9.43. The number of aromatic nitrogens is 5. The molecule has 4 aromatic heterocycles. The van der Waals surface area contributed by atoms with E-state index >= 15 is 4.39 Å². The van der Waals surface area contributed by atoms with Gasteiger partial charge in [-0.25, -0.2) is 9.37 Å². The molecule has 0 saturated carbocycles. The largest absolute Gasteiger partial charge is 0.337 e. The second kappa shape index (κ2) is 11.4. The minimum atomic E-state index is -0.503. The van der Waals surface area contributed by atoms with Gasteiger partial charge >= 0.3 is 0 Å². The summed E-state index contributed by atoms with van der Waals surface area (Å²) in [6.45, 7) is 7.05. The molecule has 204 valence electrons. The van der Waals surface area contributed by atoms with Crippen LogP contribution in [-0.4, -0.2) is 31.7 Å². The van der Waals surface area contributed by atoms with Crippen molar-refractivity contribution in [3.05, 3.63) is 119 Å². The van der Waals surface area contributed by atoms with Crippen molar-refractivity contribution in [3.63, 3.8) is 0 Å². The van der Waals surface area contributed by atoms with E-state index < -0.39 is 5.82 Å². The van der Waals surface area contributed by atoms with Crippen molar-refractivity contribution in [2.24, 2.45) is 0 Å². The van der Waals surface area contributed by atoms with E-state index in [0.717, 1.165) is 32.9 Å². The number of hydrogen-bond donors (Lipinski definition) is 3. The summed E-state index contributed by atoms with van der Waals surface area (Å²) in [5.74, 6) is -0.0986. The molecule has 41 heavy (non-hydrogen) atoms. The highest BCUT2D eigenvalue weighted by Gasteiger charge is 2.21. The topological polar surface area (TPSA) is 82.3 Å². The maximum atomic E-state index is 16.2. The maximum Gasteiger partial charge on any atom is 0.176 e. The Hall–Kier alpha value is -4.73. The Morgan fingerprint density at radius 2 is 1.90 bits per heavy atom. The first kappa shape index (κ1) is 26.5. The number of nitrogens with one attached hydrogen (secondary N) is 3. The number of aromatic amines is 2. The molecule has 0 aliphatic carbocycles. The molecule has 0 aliphatic heterocycles. The molecule has 0 unspecified atom stereocenters. The van der Waals surface area contributed by atoms with Gasteiger partial charge in [-0.1, -0.05) is 61.2 Å². The Balaban J connectivity index is 1.34. The maximum absolute atomic E-state index is 16.2. The molecule has 0 atom stereocenters. The molecule has 4 heterocycles. The summed E-state index contributed by atoms with van der Waals surface area (Å²) >= 11 is 1.05. The van der Waals surface area contributed by atoms with Gasteiger partial charge < -0.3 is 10.3 Å². The fraction of sp³-hybridized carbons (Fsp3) is 0.0938. The summed E-state index contributed by atoms with van der Waals surface area (Å²) < 4.78 is 29.9. The minimum absolute atomic E-state index is 0.205. The molecular weight excluding hydrogens is 538 g/mol. The van der Waals surface area contributed by atoms with Crippen LogP contribution in [0.3, 0.4) is 0 Å². The van der Waals surface area contributed by atoms with Crippen LogP contribution >= 0.6 is 11.3 Å². The number of rotatable bonds is 9. The molecule has 6 rings (SSSR count). The zero-order chi connectivity index (χ0) is 28.3. The third-order valence-corrected chi connectivity index (χ3v) is 7.72. The molecule has 6 aromatic rings. The van der Waals surface area contributed by atoms with Crippen LogP contribution in [0.4, 0.5) is 8.78 Å². The van der Waals surface area contributed by atoms with Gasteiger partial charge in [0, 0.05) is 23.5 Å². The third-order valence-electron chi connectivity index (χ3n) is 6.81. The molecule has 0 amide bonds. The average Bonchev–Trinajstić information content (AvgIpc) is 3.74. The van der Waals surface area contributed by atoms with Crippen molar-refractivity contribution in [1.82, 2.24) is 30.5 Å². The van der Waals surface area contributed by atoms with Gasteiger partial charge in [-0.05, 0) is 47.9 Å². The van der Waals surface area contributed by atoms with Crippen LogP contribution < -0.4 is 5.32 Å². The fourth-order valence-corrected chi connectivity index (χ4v) is 5.52. The minimum Gasteiger partial charge on any atom is -0.337 e. The highest BCUT2D eigenvalue weighted by Crippen LogP contribution is 2.35. The number of thiophene rings is 1. The SMILES string of the molecule is C=C/C(=C\C(=C/C)c1ncc2[nH]nc(-c3nc4c(-c5ccc(F)s5)cccc4[nH]3)c2c1F)CNCc1ccccc1. The van der Waals surface area contributed by atoms with Crippen molar-refractivity contribution >= 4 is 38.8 Å². The van der Waals surface area contributed by atoms with Crippen LogP contribution in [0.15, 0.2) is 97.2 Å². The summed E-state index contributed by atoms with van der Waals surface area (Å²) in [5, 5.41) is 10.7. The summed E-state index contributed by atoms with van der Waals surface area (Å²) in [7, 11) is 0. The molecule has 0 saturated heterocycles. The standard InChI is InChI=1S/C32H26F2N6S/c1-3-19(16-35-17-20-9-6-5-7-10-20)15-21(4-2)29-28(34)27-24(18-36-29)39-40-31(27)32-37-23-12-8-11-22(30(23)38-32)25-13-14-26(33)41-25/h3-15,18,35H,1,16-17H2,2H3,(H,37,38)(H,39,40)/b19-15+,21-4+. The number of benzene rings is 2. The van der Waals surface area contributed by atoms with Crippen molar-refractivity contribution < 1.29 is 8.78 Å². The number of para-hydroxylation sites is 1. The number of H-pyrrole nitrogens is 2. The summed E-state index contributed by atoms with van der Waals surface area (Å²) in [6.07, 6.45) is 7.04. The van der Waals surface area contributed by atoms with Crippen molar-refractivity contribution in [1.29, 1.82) is 0 Å². The normalized spacial score (nSPS) is 12.5. The third kappa shape index (κ3) is 5.25. The molecular formula is C32H26F2N6S. The Morgan fingerprint density at radius 1 is 1.05 bits per heavy atom. The first-order chi connectivity index (χ1) is 20.1. The lowest BCUT2D eigenvalue weighted by Gasteiger charge is -2.09. The summed E-state index contributed by atoms with van der Waals surface area (Å²) in [6, 6.07) is 18.9. The second-order valence-corrected chi connectivity index (χ2v) is 10.5. The lowest BCUT2D eigenvalue weighted by Crippen LogP contribution is -2.16. The predicted octanol–water partition coefficient (Wildman–Crippen LogP) is 7.81. The van der Waals surface area contributed by atoms with Crippen molar-refractivity contribution in [2.45, 2.75) is 13.5 Å². The molecule has 0 fully saturated rings. The Bertz CT molecular complexity index is 1930. The van der Waals surface area contributed by atoms with Crippen LogP contribution in [0.2, 0.25) is 0 Å². The zero-order valence-electron chi connectivity index (χ0n) is 22.2. The predicted molar refractivity (Wildman–Crippen MR) is 162 cm³/mol. The van der Waals surface area contributed by atoms with E-state index in [1.165, 1.54) is 11.6 Å². The number of allylic oxidation sites excluding steroid dienone is 3. The molecule has 0 spiro atoms. The van der Waals surface area contributed by atoms with Crippen LogP contribution in [0.25, 0.3) is 49.5 Å². The average molecular weight is 565 g/mol. The number of hydrogen-bond acceptors (Lipinski definition) is 5. The number of fused-ring (bicyclic) bond motifs is 2. The van der Waals surface area contributed by atoms with Crippen molar-refractivity contribution in [2.75, 3.05) is 6.54 Å². The highest BCUT2D eigenvalue weighted by molar-refractivity contribution is 7.14. The smallest absolute Gasteiger partial charge is 0.176 e. The lowest BCUT2D eigenvalue weighted by molar-refractivity contribution is 0.630. The van der Waals surface area contributed by atoms with Crippen LogP contribution in [0, 0.1) is 10.9 Å². The van der Waals surface area contributed by atoms with Gasteiger partial charge in [0.2, 0.25) is 0 Å². The number of halogens is 2. The first-order valence-corrected chi connectivity index (χ1v) is 13.9. The van der Waals surface area contributed by atoms with Gasteiger partial charge in [0.25, 0.3) is 0 Å². The van der Waals surface area contributed by atoms with Gasteiger partial charge in [0.1, 0.15) is 11.4 Å². The van der Waals surface area contributed by atoms with Gasteiger partial charge in [-0.15, -0.1) is 11.3 Å². The number of pyridine rings is 1. The van der Waals surface area contributed by atoms with Crippen LogP contribution in [0.5, 0.6) is 0 Å². The van der Waals surface area contributed by atoms with Crippen LogP contribution in [-0.2, 0) is 6.54 Å². The molecule has 3 N–H and O–H groups in total. The Labute approximate surface area is 239 Å². The van der Waals surface area contributed by atoms with E-state index in [1.807, 2.05) is 55.5 Å². The number of nitrogens with zero attached hydrogens (tertiary/aromatic N) is 3. The summed E-state index contributed by atoms with van der Waals surface area (Å²) in [5.41, 5.74) is 5.89. The van der Waals surface area contributed by atoms with Gasteiger partial charge in [0.15, 0.2) is 16.8 Å². The fourth-order valence-electron chi connectivity index (χ4n) is 4.77. The lowest BCUT2D eigenvalue weighted by atomic mass is 10.0. The summed E-state index contributed by atoms with van der Waals surface area (Å²) in [4.78, 5) is 13.2. The van der Waals surface area contributed by atoms with E-state index in [9.17, 15) is 4.39 Å². The van der Waals surface area contributed by atoms with E-state index in [2.05, 4.69) is 44.2 Å². The molecule has 0 radical (unpaired) electrons. The van der Waals surface area contributed by atoms with E-state index in [-0.39, 0.29) is 16.2 Å². The van der Waals surface area contributed by atoms with Gasteiger partial charge in [-0.2, -0.15) is 9.49 Å². The molecule has 0 aliphatic rings. The molecule has 2 aromatic carbocycles. The Morgan fingerprint density at radius 3 is 2.66 bits per heavy atom. The Kier molecular flexibility index (Phi) is 7.37. The monoisotopic (exact) mass is 564 g/mol. The van der Waals surface area contributed by atoms with Crippen LogP contribution in [0.1, 0.15) is 18.2 Å². The zero-order valence-corrected chi connectivity index (χ0v) is 23.0. The molecule has 0 bridgehead atoms. The van der Waals surface area contributed by atoms with Gasteiger partial charge in [-0.3, -0.25) is 10.1 Å². The number of imidazole rings is 1. The quantitative estimate of drug-likeness (QED) is 0.156.